The quantitative estimate of drug-likeness (QED) is 0.179. The second-order valence-electron chi connectivity index (χ2n) is 5.62. The Labute approximate surface area is 158 Å². The van der Waals surface area contributed by atoms with Crippen molar-refractivity contribution in [2.45, 2.75) is 24.4 Å². The summed E-state index contributed by atoms with van der Waals surface area (Å²) in [7, 11) is -9.12. The van der Waals surface area contributed by atoms with Gasteiger partial charge in [-0.25, -0.2) is 21.6 Å². The number of halogens is 6. The van der Waals surface area contributed by atoms with Crippen molar-refractivity contribution < 1.29 is 57.2 Å². The number of ether oxygens (including phenoxy) is 1. The normalized spacial score (nSPS) is 13.3. The predicted molar refractivity (Wildman–Crippen MR) is 86.6 cm³/mol. The highest BCUT2D eigenvalue weighted by molar-refractivity contribution is 8.13. The van der Waals surface area contributed by atoms with Gasteiger partial charge in [-0.05, 0) is 6.92 Å². The number of nitrogens with zero attached hydrogens (tertiary/aromatic N) is 2. The van der Waals surface area contributed by atoms with Gasteiger partial charge < -0.3 is 13.3 Å². The zero-order valence-corrected chi connectivity index (χ0v) is 16.7. The van der Waals surface area contributed by atoms with Crippen LogP contribution in [0.3, 0.4) is 0 Å². The number of rotatable bonds is 8. The molecule has 0 N–H and O–H groups in total. The third-order valence-electron chi connectivity index (χ3n) is 2.96. The summed E-state index contributed by atoms with van der Waals surface area (Å²) in [6.45, 7) is 8.09. The number of sulfonamides is 2. The highest BCUT2D eigenvalue weighted by atomic mass is 32.3. The van der Waals surface area contributed by atoms with Gasteiger partial charge in [0.15, 0.2) is 20.0 Å². The van der Waals surface area contributed by atoms with Gasteiger partial charge in [0.25, 0.3) is 0 Å². The van der Waals surface area contributed by atoms with Crippen molar-refractivity contribution >= 4 is 26.0 Å². The molecule has 0 amide bonds. The van der Waals surface area contributed by atoms with E-state index in [1.165, 1.54) is 6.08 Å². The molecule has 0 spiro atoms. The van der Waals surface area contributed by atoms with Gasteiger partial charge in [0.05, 0.1) is 33.8 Å². The molecule has 16 heteroatoms. The van der Waals surface area contributed by atoms with Gasteiger partial charge in [0.2, 0.25) is 0 Å². The molecule has 0 heterocycles. The van der Waals surface area contributed by atoms with Crippen molar-refractivity contribution in [3.63, 3.8) is 0 Å². The van der Waals surface area contributed by atoms with Crippen LogP contribution in [0.15, 0.2) is 12.7 Å². The minimum absolute atomic E-state index is 0.332. The van der Waals surface area contributed by atoms with Crippen LogP contribution in [0.2, 0.25) is 0 Å². The van der Waals surface area contributed by atoms with E-state index in [0.29, 0.717) is 6.61 Å². The van der Waals surface area contributed by atoms with Crippen LogP contribution in [0, 0.1) is 0 Å². The highest BCUT2D eigenvalue weighted by Crippen LogP contribution is 2.36. The van der Waals surface area contributed by atoms with Gasteiger partial charge in [-0.1, -0.05) is 6.58 Å². The molecule has 8 nitrogen and oxygen atoms in total. The van der Waals surface area contributed by atoms with Gasteiger partial charge in [0, 0.05) is 12.5 Å². The number of hydrogen-bond donors (Lipinski definition) is 0. The SMILES string of the molecule is C=CC(=O)OCCC[N+](C)(C)CC.O=S(=O)([N-]S(=O)(=O)C(F)(F)F)C(F)(F)F. The van der Waals surface area contributed by atoms with E-state index in [4.69, 9.17) is 4.74 Å². The third-order valence-corrected chi connectivity index (χ3v) is 5.70. The molecule has 0 saturated carbocycles. The number of quaternary nitrogens is 1. The summed E-state index contributed by atoms with van der Waals surface area (Å²) in [5, 5.41) is 0. The van der Waals surface area contributed by atoms with Crippen LogP contribution in [0.4, 0.5) is 26.3 Å². The number of alkyl halides is 6. The average molecular weight is 466 g/mol. The van der Waals surface area contributed by atoms with Crippen molar-refractivity contribution in [1.29, 1.82) is 0 Å². The zero-order valence-electron chi connectivity index (χ0n) is 15.0. The molecule has 0 aromatic heterocycles. The number of carbonyl (C=O) groups excluding carboxylic acids is 1. The lowest BCUT2D eigenvalue weighted by atomic mass is 10.3. The van der Waals surface area contributed by atoms with E-state index in [0.717, 1.165) is 28.1 Å². The molecule has 0 aromatic rings. The topological polar surface area (TPSA) is 109 Å². The minimum Gasteiger partial charge on any atom is -0.462 e. The van der Waals surface area contributed by atoms with Crippen LogP contribution < -0.4 is 0 Å². The fourth-order valence-electron chi connectivity index (χ4n) is 1.10. The molecule has 0 atom stereocenters. The molecule has 168 valence electrons. The lowest BCUT2D eigenvalue weighted by Gasteiger charge is -2.27. The monoisotopic (exact) mass is 466 g/mol. The first-order valence-electron chi connectivity index (χ1n) is 7.20. The van der Waals surface area contributed by atoms with Crippen LogP contribution in [0.5, 0.6) is 0 Å². The van der Waals surface area contributed by atoms with E-state index in [9.17, 15) is 48.0 Å². The van der Waals surface area contributed by atoms with Crippen LogP contribution in [-0.2, 0) is 29.6 Å². The molecular formula is C12H20F6N2O6S2. The highest BCUT2D eigenvalue weighted by Gasteiger charge is 2.46. The van der Waals surface area contributed by atoms with Gasteiger partial charge in [-0.15, -0.1) is 0 Å². The van der Waals surface area contributed by atoms with E-state index in [-0.39, 0.29) is 5.97 Å². The summed E-state index contributed by atoms with van der Waals surface area (Å²) in [6.07, 6.45) is 2.10. The average Bonchev–Trinajstić information content (AvgIpc) is 2.48. The fourth-order valence-corrected chi connectivity index (χ4v) is 2.81. The molecular weight excluding hydrogens is 446 g/mol. The van der Waals surface area contributed by atoms with Crippen molar-refractivity contribution in [3.05, 3.63) is 16.8 Å². The number of esters is 1. The lowest BCUT2D eigenvalue weighted by molar-refractivity contribution is -0.888. The van der Waals surface area contributed by atoms with E-state index in [1.54, 1.807) is 0 Å². The Hall–Kier alpha value is -1.39. The Kier molecular flexibility index (Phi) is 10.7. The van der Waals surface area contributed by atoms with Crippen LogP contribution in [-0.4, -0.2) is 72.1 Å². The number of carbonyl (C=O) groups is 1. The van der Waals surface area contributed by atoms with Gasteiger partial charge in [-0.2, -0.15) is 26.3 Å². The van der Waals surface area contributed by atoms with Crippen LogP contribution in [0.1, 0.15) is 13.3 Å². The largest absolute Gasteiger partial charge is 0.480 e. The van der Waals surface area contributed by atoms with E-state index < -0.39 is 31.1 Å². The molecule has 0 bridgehead atoms. The summed E-state index contributed by atoms with van der Waals surface area (Å²) < 4.78 is 115. The fraction of sp³-hybridized carbons (Fsp3) is 0.750. The van der Waals surface area contributed by atoms with Crippen molar-refractivity contribution in [2.24, 2.45) is 0 Å². The smallest absolute Gasteiger partial charge is 0.462 e. The second-order valence-corrected chi connectivity index (χ2v) is 9.04. The molecule has 0 aromatic carbocycles. The molecule has 0 saturated heterocycles. The maximum absolute atomic E-state index is 11.4. The van der Waals surface area contributed by atoms with Crippen molar-refractivity contribution in [3.8, 4) is 0 Å². The zero-order chi connectivity index (χ0) is 23.0. The Morgan fingerprint density at radius 2 is 1.43 bits per heavy atom. The maximum Gasteiger partial charge on any atom is 0.480 e. The molecule has 0 aliphatic rings. The van der Waals surface area contributed by atoms with E-state index in [2.05, 4.69) is 27.6 Å². The van der Waals surface area contributed by atoms with Gasteiger partial charge in [0.1, 0.15) is 0 Å². The molecule has 0 radical (unpaired) electrons. The maximum atomic E-state index is 11.4. The lowest BCUT2D eigenvalue weighted by Crippen LogP contribution is -2.40. The number of hydrogen-bond acceptors (Lipinski definition) is 6. The van der Waals surface area contributed by atoms with E-state index >= 15 is 0 Å². The van der Waals surface area contributed by atoms with Crippen LogP contribution >= 0.6 is 0 Å². The van der Waals surface area contributed by atoms with Crippen molar-refractivity contribution in [1.82, 2.24) is 0 Å². The third kappa shape index (κ3) is 10.8. The Morgan fingerprint density at radius 1 is 1.04 bits per heavy atom. The first kappa shape index (κ1) is 28.8. The molecule has 28 heavy (non-hydrogen) atoms. The second kappa shape index (κ2) is 10.4. The molecule has 0 aliphatic carbocycles. The first-order chi connectivity index (χ1) is 12.2. The molecule has 0 rings (SSSR count). The minimum atomic E-state index is -6.72. The standard InChI is InChI=1S/C10H20NO2.C2F6NO4S2/c1-5-10(12)13-9-7-8-11(3,4)6-2;3-1(4,5)14(10,11)9-15(12,13)2(6,7)8/h5H,1,6-9H2,2-4H3;/q+1;-1. The van der Waals surface area contributed by atoms with Gasteiger partial charge >= 0.3 is 17.0 Å². The molecule has 0 unspecified atom stereocenters. The first-order valence-corrected chi connectivity index (χ1v) is 10.1. The summed E-state index contributed by atoms with van der Waals surface area (Å²) in [5.41, 5.74) is -12.4. The Morgan fingerprint density at radius 3 is 1.71 bits per heavy atom. The van der Waals surface area contributed by atoms with Gasteiger partial charge in [-0.3, -0.25) is 0 Å². The Balaban J connectivity index is 0. The predicted octanol–water partition coefficient (Wildman–Crippen LogP) is 2.26. The van der Waals surface area contributed by atoms with E-state index in [1.807, 2.05) is 0 Å². The van der Waals surface area contributed by atoms with Crippen LogP contribution in [0.25, 0.3) is 4.13 Å². The Bertz CT molecular complexity index is 687. The summed E-state index contributed by atoms with van der Waals surface area (Å²) >= 11 is 0. The molecule has 0 fully saturated rings. The summed E-state index contributed by atoms with van der Waals surface area (Å²) in [4.78, 5) is 10.7. The summed E-state index contributed by atoms with van der Waals surface area (Å²) in [6, 6.07) is 0. The molecule has 0 aliphatic heterocycles. The summed E-state index contributed by atoms with van der Waals surface area (Å²) in [5.74, 6) is -0.332. The van der Waals surface area contributed by atoms with Crippen molar-refractivity contribution in [2.75, 3.05) is 33.8 Å².